The predicted molar refractivity (Wildman–Crippen MR) is 45.6 cm³/mol. The van der Waals surface area contributed by atoms with Gasteiger partial charge in [0.05, 0.1) is 5.75 Å². The lowest BCUT2D eigenvalue weighted by Crippen LogP contribution is -2.38. The van der Waals surface area contributed by atoms with Crippen LogP contribution in [0.3, 0.4) is 0 Å². The molecule has 0 heterocycles. The monoisotopic (exact) mass is 178 g/mol. The second kappa shape index (κ2) is 4.48. The van der Waals surface area contributed by atoms with E-state index in [2.05, 4.69) is 11.3 Å². The van der Waals surface area contributed by atoms with E-state index in [1.54, 1.807) is 6.92 Å². The molecular weight excluding hydrogens is 164 g/mol. The maximum atomic E-state index is 11.0. The molecule has 0 aliphatic rings. The van der Waals surface area contributed by atoms with E-state index in [0.717, 1.165) is 0 Å². The Hall–Kier alpha value is -0.390. The van der Waals surface area contributed by atoms with Crippen LogP contribution < -0.4 is 10.5 Å². The highest BCUT2D eigenvalue weighted by Gasteiger charge is 2.10. The van der Waals surface area contributed by atoms with Crippen molar-refractivity contribution < 1.29 is 8.42 Å². The Morgan fingerprint density at radius 1 is 1.73 bits per heavy atom. The van der Waals surface area contributed by atoms with Gasteiger partial charge in [-0.1, -0.05) is 6.08 Å². The minimum atomic E-state index is -3.19. The lowest BCUT2D eigenvalue weighted by Gasteiger charge is -2.09. The molecule has 0 aliphatic heterocycles. The Morgan fingerprint density at radius 2 is 2.27 bits per heavy atom. The van der Waals surface area contributed by atoms with Gasteiger partial charge in [-0.2, -0.15) is 0 Å². The average molecular weight is 178 g/mol. The molecule has 0 saturated carbocycles. The van der Waals surface area contributed by atoms with Crippen molar-refractivity contribution in [3.63, 3.8) is 0 Å². The minimum absolute atomic E-state index is 0.0582. The molecule has 66 valence electrons. The quantitative estimate of drug-likeness (QED) is 0.554. The summed E-state index contributed by atoms with van der Waals surface area (Å²) in [5, 5.41) is 0. The van der Waals surface area contributed by atoms with Crippen LogP contribution in [0.25, 0.3) is 0 Å². The maximum Gasteiger partial charge on any atom is 0.215 e. The molecule has 1 atom stereocenters. The van der Waals surface area contributed by atoms with Crippen LogP contribution in [0.4, 0.5) is 0 Å². The van der Waals surface area contributed by atoms with Crippen LogP contribution in [0.1, 0.15) is 6.92 Å². The van der Waals surface area contributed by atoms with E-state index in [1.165, 1.54) is 6.08 Å². The SMILES string of the molecule is C=CCS(=O)(=O)N[C@H](C)CN. The number of sulfonamides is 1. The zero-order chi connectivity index (χ0) is 8.91. The highest BCUT2D eigenvalue weighted by Crippen LogP contribution is 1.87. The Balaban J connectivity index is 4.02. The van der Waals surface area contributed by atoms with Gasteiger partial charge < -0.3 is 5.73 Å². The van der Waals surface area contributed by atoms with Crippen molar-refractivity contribution in [1.29, 1.82) is 0 Å². The Bertz CT molecular complexity index is 211. The largest absolute Gasteiger partial charge is 0.329 e. The zero-order valence-corrected chi connectivity index (χ0v) is 7.39. The van der Waals surface area contributed by atoms with E-state index in [9.17, 15) is 8.42 Å². The number of rotatable bonds is 5. The fourth-order valence-corrected chi connectivity index (χ4v) is 1.67. The summed E-state index contributed by atoms with van der Waals surface area (Å²) in [6, 6.07) is -0.208. The average Bonchev–Trinajstić information content (AvgIpc) is 1.86. The number of hydrogen-bond acceptors (Lipinski definition) is 3. The molecule has 0 bridgehead atoms. The third kappa shape index (κ3) is 4.94. The van der Waals surface area contributed by atoms with E-state index in [-0.39, 0.29) is 11.8 Å². The number of hydrogen-bond donors (Lipinski definition) is 2. The lowest BCUT2D eigenvalue weighted by molar-refractivity contribution is 0.565. The molecule has 0 spiro atoms. The first-order valence-corrected chi connectivity index (χ1v) is 4.98. The highest BCUT2D eigenvalue weighted by molar-refractivity contribution is 7.89. The Labute approximate surface area is 67.5 Å². The van der Waals surface area contributed by atoms with Crippen molar-refractivity contribution in [2.45, 2.75) is 13.0 Å². The first kappa shape index (κ1) is 10.6. The van der Waals surface area contributed by atoms with Gasteiger partial charge in [-0.25, -0.2) is 13.1 Å². The molecule has 0 rings (SSSR count). The second-order valence-corrected chi connectivity index (χ2v) is 4.12. The molecule has 4 nitrogen and oxygen atoms in total. The maximum absolute atomic E-state index is 11.0. The standard InChI is InChI=1S/C6H14N2O2S/c1-3-4-11(9,10)8-6(2)5-7/h3,6,8H,1,4-5,7H2,2H3/t6-/m1/s1. The second-order valence-electron chi connectivity index (χ2n) is 2.32. The molecule has 0 amide bonds. The van der Waals surface area contributed by atoms with Gasteiger partial charge in [0.2, 0.25) is 10.0 Å². The van der Waals surface area contributed by atoms with Crippen LogP contribution in [-0.4, -0.2) is 26.8 Å². The summed E-state index contributed by atoms with van der Waals surface area (Å²) in [5.41, 5.74) is 5.22. The van der Waals surface area contributed by atoms with E-state index in [0.29, 0.717) is 6.54 Å². The summed E-state index contributed by atoms with van der Waals surface area (Å²) < 4.78 is 24.3. The first-order valence-electron chi connectivity index (χ1n) is 3.33. The summed E-state index contributed by atoms with van der Waals surface area (Å²) in [6.45, 7) is 5.34. The van der Waals surface area contributed by atoms with Crippen LogP contribution in [0.2, 0.25) is 0 Å². The first-order chi connectivity index (χ1) is 5.02. The van der Waals surface area contributed by atoms with Crippen molar-refractivity contribution in [3.8, 4) is 0 Å². The van der Waals surface area contributed by atoms with Crippen molar-refractivity contribution in [2.24, 2.45) is 5.73 Å². The topological polar surface area (TPSA) is 72.2 Å². The number of nitrogens with one attached hydrogen (secondary N) is 1. The van der Waals surface area contributed by atoms with Crippen LogP contribution in [-0.2, 0) is 10.0 Å². The summed E-state index contributed by atoms with van der Waals surface area (Å²) in [7, 11) is -3.19. The molecule has 0 aromatic heterocycles. The molecule has 0 aliphatic carbocycles. The summed E-state index contributed by atoms with van der Waals surface area (Å²) in [5.74, 6) is -0.0582. The molecule has 3 N–H and O–H groups in total. The van der Waals surface area contributed by atoms with E-state index < -0.39 is 10.0 Å². The van der Waals surface area contributed by atoms with Gasteiger partial charge in [0.15, 0.2) is 0 Å². The van der Waals surface area contributed by atoms with E-state index in [4.69, 9.17) is 5.73 Å². The molecule has 5 heteroatoms. The van der Waals surface area contributed by atoms with Crippen molar-refractivity contribution >= 4 is 10.0 Å². The van der Waals surface area contributed by atoms with Crippen molar-refractivity contribution in [3.05, 3.63) is 12.7 Å². The van der Waals surface area contributed by atoms with Crippen LogP contribution in [0.5, 0.6) is 0 Å². The van der Waals surface area contributed by atoms with E-state index >= 15 is 0 Å². The molecular formula is C6H14N2O2S. The summed E-state index contributed by atoms with van der Waals surface area (Å²) in [4.78, 5) is 0. The van der Waals surface area contributed by atoms with Gasteiger partial charge >= 0.3 is 0 Å². The Morgan fingerprint density at radius 3 is 2.64 bits per heavy atom. The van der Waals surface area contributed by atoms with Gasteiger partial charge in [0, 0.05) is 12.6 Å². The summed E-state index contributed by atoms with van der Waals surface area (Å²) >= 11 is 0. The van der Waals surface area contributed by atoms with Gasteiger partial charge in [-0.3, -0.25) is 0 Å². The molecule has 11 heavy (non-hydrogen) atoms. The number of nitrogens with two attached hydrogens (primary N) is 1. The van der Waals surface area contributed by atoms with Crippen LogP contribution in [0.15, 0.2) is 12.7 Å². The molecule has 0 radical (unpaired) electrons. The third-order valence-corrected chi connectivity index (χ3v) is 2.51. The van der Waals surface area contributed by atoms with Crippen LogP contribution in [0, 0.1) is 0 Å². The third-order valence-electron chi connectivity index (χ3n) is 1.07. The van der Waals surface area contributed by atoms with Crippen LogP contribution >= 0.6 is 0 Å². The van der Waals surface area contributed by atoms with Gasteiger partial charge in [0.25, 0.3) is 0 Å². The zero-order valence-electron chi connectivity index (χ0n) is 6.58. The Kier molecular flexibility index (Phi) is 4.32. The highest BCUT2D eigenvalue weighted by atomic mass is 32.2. The molecule has 0 aromatic rings. The molecule has 0 aromatic carbocycles. The molecule has 0 saturated heterocycles. The molecule has 0 fully saturated rings. The van der Waals surface area contributed by atoms with Gasteiger partial charge in [-0.15, -0.1) is 6.58 Å². The lowest BCUT2D eigenvalue weighted by atomic mass is 10.4. The van der Waals surface area contributed by atoms with E-state index in [1.807, 2.05) is 0 Å². The smallest absolute Gasteiger partial charge is 0.215 e. The van der Waals surface area contributed by atoms with Crippen molar-refractivity contribution in [1.82, 2.24) is 4.72 Å². The summed E-state index contributed by atoms with van der Waals surface area (Å²) in [6.07, 6.45) is 1.34. The van der Waals surface area contributed by atoms with Crippen molar-refractivity contribution in [2.75, 3.05) is 12.3 Å². The normalized spacial score (nSPS) is 14.4. The minimum Gasteiger partial charge on any atom is -0.329 e. The fourth-order valence-electron chi connectivity index (χ4n) is 0.558. The van der Waals surface area contributed by atoms with Gasteiger partial charge in [0.1, 0.15) is 0 Å². The predicted octanol–water partition coefficient (Wildman–Crippen LogP) is -0.561. The van der Waals surface area contributed by atoms with Gasteiger partial charge in [-0.05, 0) is 6.92 Å². The fraction of sp³-hybridized carbons (Fsp3) is 0.667. The molecule has 0 unspecified atom stereocenters.